The maximum atomic E-state index is 5.95. The van der Waals surface area contributed by atoms with Gasteiger partial charge in [-0.15, -0.1) is 0 Å². The number of benzene rings is 1. The van der Waals surface area contributed by atoms with Gasteiger partial charge in [0.2, 0.25) is 0 Å². The van der Waals surface area contributed by atoms with Crippen LogP contribution in [0.2, 0.25) is 5.02 Å². The minimum absolute atomic E-state index is 0.381. The number of rotatable bonds is 5. The summed E-state index contributed by atoms with van der Waals surface area (Å²) in [6.07, 6.45) is 1.11. The normalized spacial score (nSPS) is 22.8. The van der Waals surface area contributed by atoms with Crippen molar-refractivity contribution in [3.8, 4) is 0 Å². The molecule has 0 aromatic heterocycles. The van der Waals surface area contributed by atoms with Crippen LogP contribution in [-0.4, -0.2) is 43.8 Å². The van der Waals surface area contributed by atoms with E-state index in [1.807, 2.05) is 12.1 Å². The van der Waals surface area contributed by atoms with Gasteiger partial charge in [-0.05, 0) is 45.0 Å². The van der Waals surface area contributed by atoms with Crippen LogP contribution in [0.1, 0.15) is 31.9 Å². The van der Waals surface area contributed by atoms with Gasteiger partial charge in [-0.3, -0.25) is 4.90 Å². The molecule has 112 valence electrons. The van der Waals surface area contributed by atoms with E-state index in [0.717, 1.165) is 31.2 Å². The number of halogens is 1. The molecule has 0 amide bonds. The summed E-state index contributed by atoms with van der Waals surface area (Å²) in [5.41, 5.74) is 1.30. The third-order valence-corrected chi connectivity index (χ3v) is 4.53. The number of ether oxygens (including phenoxy) is 1. The van der Waals surface area contributed by atoms with Gasteiger partial charge in [-0.2, -0.15) is 0 Å². The third-order valence-electron chi connectivity index (χ3n) is 4.28. The molecule has 1 aromatic rings. The Kier molecular flexibility index (Phi) is 5.85. The highest BCUT2D eigenvalue weighted by atomic mass is 35.5. The van der Waals surface area contributed by atoms with Crippen molar-refractivity contribution < 1.29 is 4.74 Å². The van der Waals surface area contributed by atoms with E-state index in [9.17, 15) is 0 Å². The standard InChI is InChI=1S/C16H25ClN2O/c1-12(10-16-11-20-9-8-18-16)19(3)13(2)14-4-6-15(17)7-5-14/h4-7,12-13,16,18H,8-11H2,1-3H3. The Bertz CT molecular complexity index is 403. The van der Waals surface area contributed by atoms with E-state index in [1.165, 1.54) is 5.56 Å². The van der Waals surface area contributed by atoms with Crippen LogP contribution in [0.3, 0.4) is 0 Å². The molecule has 3 nitrogen and oxygen atoms in total. The Morgan fingerprint density at radius 1 is 1.35 bits per heavy atom. The largest absolute Gasteiger partial charge is 0.379 e. The smallest absolute Gasteiger partial charge is 0.0620 e. The van der Waals surface area contributed by atoms with Crippen molar-refractivity contribution in [2.45, 2.75) is 38.4 Å². The molecule has 0 spiro atoms. The van der Waals surface area contributed by atoms with Gasteiger partial charge in [-0.25, -0.2) is 0 Å². The number of hydrogen-bond acceptors (Lipinski definition) is 3. The Morgan fingerprint density at radius 3 is 2.65 bits per heavy atom. The molecule has 1 N–H and O–H groups in total. The summed E-state index contributed by atoms with van der Waals surface area (Å²) in [6, 6.07) is 9.49. The van der Waals surface area contributed by atoms with Crippen LogP contribution in [0.15, 0.2) is 24.3 Å². The zero-order valence-corrected chi connectivity index (χ0v) is 13.4. The molecule has 3 unspecified atom stereocenters. The van der Waals surface area contributed by atoms with Crippen molar-refractivity contribution in [2.75, 3.05) is 26.8 Å². The molecule has 3 atom stereocenters. The van der Waals surface area contributed by atoms with Crippen molar-refractivity contribution in [1.29, 1.82) is 0 Å². The van der Waals surface area contributed by atoms with Crippen molar-refractivity contribution in [3.63, 3.8) is 0 Å². The second-order valence-corrected chi connectivity index (χ2v) is 6.14. The number of hydrogen-bond donors (Lipinski definition) is 1. The van der Waals surface area contributed by atoms with E-state index in [0.29, 0.717) is 18.1 Å². The lowest BCUT2D eigenvalue weighted by molar-refractivity contribution is 0.0608. The topological polar surface area (TPSA) is 24.5 Å². The van der Waals surface area contributed by atoms with E-state index in [-0.39, 0.29) is 0 Å². The first-order valence-corrected chi connectivity index (χ1v) is 7.74. The van der Waals surface area contributed by atoms with Crippen molar-refractivity contribution in [3.05, 3.63) is 34.9 Å². The molecule has 2 rings (SSSR count). The van der Waals surface area contributed by atoms with Gasteiger partial charge in [-0.1, -0.05) is 23.7 Å². The van der Waals surface area contributed by atoms with Gasteiger partial charge in [0.05, 0.1) is 13.2 Å². The molecule has 4 heteroatoms. The molecular formula is C16H25ClN2O. The van der Waals surface area contributed by atoms with Crippen LogP contribution in [0.4, 0.5) is 0 Å². The Morgan fingerprint density at radius 2 is 2.05 bits per heavy atom. The van der Waals surface area contributed by atoms with Gasteiger partial charge in [0.1, 0.15) is 0 Å². The number of morpholine rings is 1. The summed E-state index contributed by atoms with van der Waals surface area (Å²) in [5.74, 6) is 0. The van der Waals surface area contributed by atoms with E-state index in [4.69, 9.17) is 16.3 Å². The Hall–Kier alpha value is -0.610. The quantitative estimate of drug-likeness (QED) is 0.903. The van der Waals surface area contributed by atoms with Crippen molar-refractivity contribution in [1.82, 2.24) is 10.2 Å². The molecule has 1 aliphatic heterocycles. The van der Waals surface area contributed by atoms with Crippen LogP contribution in [-0.2, 0) is 4.74 Å². The Balaban J connectivity index is 1.91. The molecule has 20 heavy (non-hydrogen) atoms. The molecule has 1 aliphatic rings. The fraction of sp³-hybridized carbons (Fsp3) is 0.625. The zero-order valence-electron chi connectivity index (χ0n) is 12.6. The van der Waals surface area contributed by atoms with Gasteiger partial charge in [0, 0.05) is 29.7 Å². The molecule has 1 aromatic carbocycles. The summed E-state index contributed by atoms with van der Waals surface area (Å²) in [7, 11) is 2.19. The van der Waals surface area contributed by atoms with Crippen molar-refractivity contribution in [2.24, 2.45) is 0 Å². The minimum atomic E-state index is 0.381. The van der Waals surface area contributed by atoms with Crippen LogP contribution in [0.25, 0.3) is 0 Å². The highest BCUT2D eigenvalue weighted by Gasteiger charge is 2.22. The van der Waals surface area contributed by atoms with Crippen LogP contribution in [0, 0.1) is 0 Å². The van der Waals surface area contributed by atoms with Crippen LogP contribution >= 0.6 is 11.6 Å². The summed E-state index contributed by atoms with van der Waals surface area (Å²) in [4.78, 5) is 2.42. The summed E-state index contributed by atoms with van der Waals surface area (Å²) >= 11 is 5.95. The lowest BCUT2D eigenvalue weighted by atomic mass is 10.0. The molecule has 0 saturated carbocycles. The van der Waals surface area contributed by atoms with E-state index in [2.05, 4.69) is 43.2 Å². The molecule has 1 fully saturated rings. The molecule has 1 saturated heterocycles. The lowest BCUT2D eigenvalue weighted by Gasteiger charge is -2.34. The monoisotopic (exact) mass is 296 g/mol. The first-order valence-electron chi connectivity index (χ1n) is 7.36. The third kappa shape index (κ3) is 4.19. The maximum Gasteiger partial charge on any atom is 0.0620 e. The minimum Gasteiger partial charge on any atom is -0.379 e. The summed E-state index contributed by atoms with van der Waals surface area (Å²) < 4.78 is 5.53. The molecule has 0 radical (unpaired) electrons. The second-order valence-electron chi connectivity index (χ2n) is 5.70. The summed E-state index contributed by atoms with van der Waals surface area (Å²) in [6.45, 7) is 7.15. The molecule has 0 aliphatic carbocycles. The molecule has 0 bridgehead atoms. The average molecular weight is 297 g/mol. The zero-order chi connectivity index (χ0) is 14.5. The van der Waals surface area contributed by atoms with Gasteiger partial charge in [0.15, 0.2) is 0 Å². The maximum absolute atomic E-state index is 5.95. The highest BCUT2D eigenvalue weighted by Crippen LogP contribution is 2.24. The van der Waals surface area contributed by atoms with Gasteiger partial charge in [0.25, 0.3) is 0 Å². The number of nitrogens with one attached hydrogen (secondary N) is 1. The fourth-order valence-electron chi connectivity index (χ4n) is 2.71. The predicted octanol–water partition coefficient (Wildman–Crippen LogP) is 3.10. The molecule has 1 heterocycles. The fourth-order valence-corrected chi connectivity index (χ4v) is 2.83. The second kappa shape index (κ2) is 7.41. The van der Waals surface area contributed by atoms with E-state index < -0.39 is 0 Å². The van der Waals surface area contributed by atoms with Crippen LogP contribution in [0.5, 0.6) is 0 Å². The van der Waals surface area contributed by atoms with Crippen LogP contribution < -0.4 is 5.32 Å². The lowest BCUT2D eigenvalue weighted by Crippen LogP contribution is -2.45. The van der Waals surface area contributed by atoms with E-state index in [1.54, 1.807) is 0 Å². The predicted molar refractivity (Wildman–Crippen MR) is 84.3 cm³/mol. The Labute approximate surface area is 127 Å². The highest BCUT2D eigenvalue weighted by molar-refractivity contribution is 6.30. The van der Waals surface area contributed by atoms with Gasteiger partial charge < -0.3 is 10.1 Å². The number of nitrogens with zero attached hydrogens (tertiary/aromatic N) is 1. The van der Waals surface area contributed by atoms with Crippen molar-refractivity contribution >= 4 is 11.6 Å². The van der Waals surface area contributed by atoms with E-state index >= 15 is 0 Å². The van der Waals surface area contributed by atoms with Gasteiger partial charge >= 0.3 is 0 Å². The average Bonchev–Trinajstić information content (AvgIpc) is 2.47. The first-order chi connectivity index (χ1) is 9.58. The summed E-state index contributed by atoms with van der Waals surface area (Å²) in [5, 5.41) is 4.31. The first kappa shape index (κ1) is 15.8. The molecular weight excluding hydrogens is 272 g/mol. The SMILES string of the molecule is CC(CC1COCCN1)N(C)C(C)c1ccc(Cl)cc1.